The number of Topliss-reactive ketones (excluding diaryl/α,β-unsaturated/α-hetero) is 1. The van der Waals surface area contributed by atoms with Crippen molar-refractivity contribution >= 4 is 5.78 Å². The van der Waals surface area contributed by atoms with Gasteiger partial charge in [0.15, 0.2) is 5.78 Å². The van der Waals surface area contributed by atoms with Crippen molar-refractivity contribution in [2.45, 2.75) is 64.4 Å². The molecule has 8 atom stereocenters. The number of hydrogen-bond donors (Lipinski definition) is 2. The molecular formula is C22H32O5. The number of ketones is 1. The summed E-state index contributed by atoms with van der Waals surface area (Å²) in [6, 6.07) is 0. The van der Waals surface area contributed by atoms with Crippen molar-refractivity contribution in [2.75, 3.05) is 13.7 Å². The van der Waals surface area contributed by atoms with Gasteiger partial charge in [0, 0.05) is 24.4 Å². The third-order valence-electron chi connectivity index (χ3n) is 8.34. The predicted molar refractivity (Wildman–Crippen MR) is 101 cm³/mol. The van der Waals surface area contributed by atoms with E-state index in [-0.39, 0.29) is 23.7 Å². The van der Waals surface area contributed by atoms with Crippen LogP contribution < -0.4 is 0 Å². The van der Waals surface area contributed by atoms with Gasteiger partial charge < -0.3 is 19.7 Å². The number of allylic oxidation sites excluding steroid dienone is 1. The average molecular weight is 376 g/mol. The fraction of sp³-hybridized carbons (Fsp3) is 0.773. The summed E-state index contributed by atoms with van der Waals surface area (Å²) < 4.78 is 11.5. The highest BCUT2D eigenvalue weighted by Gasteiger charge is 2.63. The van der Waals surface area contributed by atoms with Crippen molar-refractivity contribution in [3.05, 3.63) is 23.8 Å². The molecule has 1 aliphatic heterocycles. The van der Waals surface area contributed by atoms with Crippen molar-refractivity contribution in [3.8, 4) is 0 Å². The van der Waals surface area contributed by atoms with E-state index in [9.17, 15) is 15.0 Å². The van der Waals surface area contributed by atoms with Crippen LogP contribution in [0, 0.1) is 28.6 Å². The van der Waals surface area contributed by atoms with Crippen LogP contribution in [0.4, 0.5) is 0 Å². The van der Waals surface area contributed by atoms with Crippen LogP contribution in [0.3, 0.4) is 0 Å². The minimum Gasteiger partial charge on any atom is -0.386 e. The standard InChI is InChI=1S/C22H32O5/c1-12-6-9-22(25)16(26-5)10-14-13-11-27-15(13)7-8-21(14,4)19(24)18(23)17(12)20(22,2)3/h6-8,13-18,23,25H,9-11H2,1-5H3/t13?,14?,15-,16+,17?,18-,21-,22-/m1/s1. The average Bonchev–Trinajstić information content (AvgIpc) is 2.58. The van der Waals surface area contributed by atoms with Crippen molar-refractivity contribution in [1.82, 2.24) is 0 Å². The molecule has 0 aromatic heterocycles. The lowest BCUT2D eigenvalue weighted by Crippen LogP contribution is -2.61. The number of aliphatic hydroxyl groups is 2. The van der Waals surface area contributed by atoms with Gasteiger partial charge in [-0.2, -0.15) is 0 Å². The monoisotopic (exact) mass is 376 g/mol. The summed E-state index contributed by atoms with van der Waals surface area (Å²) in [5.74, 6) is -0.415. The maximum absolute atomic E-state index is 13.6. The van der Waals surface area contributed by atoms with Crippen LogP contribution in [-0.4, -0.2) is 53.6 Å². The van der Waals surface area contributed by atoms with Crippen LogP contribution in [0.2, 0.25) is 0 Å². The van der Waals surface area contributed by atoms with E-state index in [0.717, 1.165) is 5.57 Å². The fourth-order valence-corrected chi connectivity index (χ4v) is 6.33. The molecule has 4 rings (SSSR count). The first kappa shape index (κ1) is 19.3. The first-order chi connectivity index (χ1) is 12.6. The highest BCUT2D eigenvalue weighted by Crippen LogP contribution is 2.57. The molecule has 1 saturated carbocycles. The molecule has 0 spiro atoms. The van der Waals surface area contributed by atoms with Crippen LogP contribution in [0.1, 0.15) is 40.5 Å². The van der Waals surface area contributed by atoms with Crippen LogP contribution in [0.15, 0.2) is 23.8 Å². The van der Waals surface area contributed by atoms with Crippen LogP contribution in [-0.2, 0) is 14.3 Å². The number of methoxy groups -OCH3 is 1. The van der Waals surface area contributed by atoms with Gasteiger partial charge in [-0.3, -0.25) is 4.79 Å². The van der Waals surface area contributed by atoms with Crippen molar-refractivity contribution in [1.29, 1.82) is 0 Å². The van der Waals surface area contributed by atoms with E-state index in [4.69, 9.17) is 9.47 Å². The summed E-state index contributed by atoms with van der Waals surface area (Å²) in [7, 11) is 1.64. The summed E-state index contributed by atoms with van der Waals surface area (Å²) in [6.45, 7) is 8.41. The molecule has 2 N–H and O–H groups in total. The number of carbonyl (C=O) groups excluding carboxylic acids is 1. The van der Waals surface area contributed by atoms with Crippen molar-refractivity contribution in [2.24, 2.45) is 28.6 Å². The van der Waals surface area contributed by atoms with Crippen LogP contribution in [0.25, 0.3) is 0 Å². The van der Waals surface area contributed by atoms with Gasteiger partial charge in [0.1, 0.15) is 6.10 Å². The number of hydrogen-bond acceptors (Lipinski definition) is 5. The summed E-state index contributed by atoms with van der Waals surface area (Å²) in [6.07, 6.45) is 5.36. The molecule has 5 heteroatoms. The van der Waals surface area contributed by atoms with Gasteiger partial charge in [0.2, 0.25) is 0 Å². The number of fused-ring (bicyclic) bond motifs is 5. The number of rotatable bonds is 1. The van der Waals surface area contributed by atoms with E-state index in [0.29, 0.717) is 19.4 Å². The lowest BCUT2D eigenvalue weighted by molar-refractivity contribution is -0.196. The Hall–Kier alpha value is -1.01. The molecule has 5 nitrogen and oxygen atoms in total. The predicted octanol–water partition coefficient (Wildman–Crippen LogP) is 2.27. The Bertz CT molecular complexity index is 709. The third-order valence-corrected chi connectivity index (χ3v) is 8.34. The van der Waals surface area contributed by atoms with Gasteiger partial charge in [-0.15, -0.1) is 0 Å². The second-order valence-electron chi connectivity index (χ2n) is 9.76. The van der Waals surface area contributed by atoms with Crippen LogP contribution in [0.5, 0.6) is 0 Å². The Balaban J connectivity index is 1.90. The smallest absolute Gasteiger partial charge is 0.171 e. The number of ether oxygens (including phenoxy) is 2. The topological polar surface area (TPSA) is 76.0 Å². The molecule has 2 bridgehead atoms. The Labute approximate surface area is 161 Å². The summed E-state index contributed by atoms with van der Waals surface area (Å²) in [4.78, 5) is 13.6. The molecule has 150 valence electrons. The molecule has 0 radical (unpaired) electrons. The zero-order valence-corrected chi connectivity index (χ0v) is 16.9. The van der Waals surface area contributed by atoms with Gasteiger partial charge in [-0.25, -0.2) is 0 Å². The molecule has 3 aliphatic carbocycles. The normalized spacial score (nSPS) is 51.1. The van der Waals surface area contributed by atoms with E-state index < -0.39 is 34.6 Å². The maximum atomic E-state index is 13.6. The molecule has 0 amide bonds. The number of aliphatic hydroxyl groups excluding tert-OH is 1. The Kier molecular flexibility index (Phi) is 4.29. The lowest BCUT2D eigenvalue weighted by atomic mass is 9.56. The van der Waals surface area contributed by atoms with E-state index in [1.54, 1.807) is 7.11 Å². The molecule has 0 aromatic carbocycles. The minimum atomic E-state index is -1.16. The van der Waals surface area contributed by atoms with Crippen molar-refractivity contribution in [3.63, 3.8) is 0 Å². The van der Waals surface area contributed by atoms with E-state index in [1.807, 2.05) is 45.9 Å². The van der Waals surface area contributed by atoms with Gasteiger partial charge in [-0.1, -0.05) is 37.6 Å². The molecule has 0 aromatic rings. The first-order valence-electron chi connectivity index (χ1n) is 10.0. The second kappa shape index (κ2) is 5.99. The Morgan fingerprint density at radius 1 is 1.30 bits per heavy atom. The summed E-state index contributed by atoms with van der Waals surface area (Å²) >= 11 is 0. The molecule has 27 heavy (non-hydrogen) atoms. The number of carbonyl (C=O) groups is 1. The molecular weight excluding hydrogens is 344 g/mol. The zero-order chi connectivity index (χ0) is 19.8. The van der Waals surface area contributed by atoms with E-state index in [1.165, 1.54) is 0 Å². The summed E-state index contributed by atoms with van der Waals surface area (Å²) in [5, 5.41) is 23.1. The van der Waals surface area contributed by atoms with E-state index in [2.05, 4.69) is 0 Å². The molecule has 1 saturated heterocycles. The first-order valence-corrected chi connectivity index (χ1v) is 10.0. The lowest BCUT2D eigenvalue weighted by Gasteiger charge is -2.54. The van der Waals surface area contributed by atoms with Gasteiger partial charge in [0.25, 0.3) is 0 Å². The zero-order valence-electron chi connectivity index (χ0n) is 16.9. The minimum absolute atomic E-state index is 0.0215. The fourth-order valence-electron chi connectivity index (χ4n) is 6.33. The van der Waals surface area contributed by atoms with Gasteiger partial charge in [-0.05, 0) is 32.6 Å². The molecule has 4 aliphatic rings. The SMILES string of the molecule is CO[C@H]1CC2C3CO[C@@H]3C=C[C@@]2(C)C(=O)[C@H](O)C2C(C)=CC[C@]1(O)C2(C)C. The quantitative estimate of drug-likeness (QED) is 0.687. The second-order valence-corrected chi connectivity index (χ2v) is 9.76. The molecule has 2 fully saturated rings. The van der Waals surface area contributed by atoms with Gasteiger partial charge in [0.05, 0.1) is 29.8 Å². The Morgan fingerprint density at radius 3 is 2.59 bits per heavy atom. The van der Waals surface area contributed by atoms with Gasteiger partial charge >= 0.3 is 0 Å². The van der Waals surface area contributed by atoms with Crippen LogP contribution >= 0.6 is 0 Å². The van der Waals surface area contributed by atoms with E-state index >= 15 is 0 Å². The van der Waals surface area contributed by atoms with Crippen molar-refractivity contribution < 1.29 is 24.5 Å². The molecule has 3 unspecified atom stereocenters. The highest BCUT2D eigenvalue weighted by atomic mass is 16.5. The highest BCUT2D eigenvalue weighted by molar-refractivity contribution is 5.91. The summed E-state index contributed by atoms with van der Waals surface area (Å²) in [5.41, 5.74) is -1.68. The molecule has 1 heterocycles. The maximum Gasteiger partial charge on any atom is 0.171 e. The Morgan fingerprint density at radius 2 is 2.00 bits per heavy atom. The third kappa shape index (κ3) is 2.35. The largest absolute Gasteiger partial charge is 0.386 e.